The summed E-state index contributed by atoms with van der Waals surface area (Å²) in [7, 11) is 1.44. The van der Waals surface area contributed by atoms with Crippen LogP contribution in [-0.4, -0.2) is 23.1 Å². The number of hydrogen-bond donors (Lipinski definition) is 2. The minimum atomic E-state index is -0.350. The number of phenolic OH excluding ortho intramolecular Hbond substituents is 2. The summed E-state index contributed by atoms with van der Waals surface area (Å²) < 4.78 is 5.35. The average Bonchev–Trinajstić information content (AvgIpc) is 2.72. The lowest BCUT2D eigenvalue weighted by Gasteiger charge is -2.37. The number of Topliss-reactive ketones (excluding diaryl/α,β-unsaturated/α-hetero) is 1. The molecule has 4 nitrogen and oxygen atoms in total. The highest BCUT2D eigenvalue weighted by molar-refractivity contribution is 6.04. The lowest BCUT2D eigenvalue weighted by atomic mass is 9.65. The highest BCUT2D eigenvalue weighted by Gasteiger charge is 2.41. The Balaban J connectivity index is 2.14. The van der Waals surface area contributed by atoms with Crippen molar-refractivity contribution in [3.05, 3.63) is 76.9 Å². The Morgan fingerprint density at radius 3 is 2.50 bits per heavy atom. The molecule has 0 saturated heterocycles. The second-order valence-corrected chi connectivity index (χ2v) is 8.26. The van der Waals surface area contributed by atoms with Gasteiger partial charge in [-0.1, -0.05) is 53.6 Å². The molecule has 0 aliphatic heterocycles. The maximum Gasteiger partial charge on any atom is 0.174 e. The van der Waals surface area contributed by atoms with Gasteiger partial charge in [0.05, 0.1) is 7.11 Å². The molecule has 0 fully saturated rings. The van der Waals surface area contributed by atoms with Gasteiger partial charge in [-0.15, -0.1) is 0 Å². The predicted octanol–water partition coefficient (Wildman–Crippen LogP) is 6.01. The number of benzene rings is 2. The van der Waals surface area contributed by atoms with E-state index in [1.807, 2.05) is 18.2 Å². The van der Waals surface area contributed by atoms with E-state index >= 15 is 0 Å². The number of rotatable bonds is 6. The van der Waals surface area contributed by atoms with Gasteiger partial charge in [0.25, 0.3) is 0 Å². The molecule has 0 heterocycles. The van der Waals surface area contributed by atoms with Crippen molar-refractivity contribution in [2.45, 2.75) is 39.5 Å². The number of methoxy groups -OCH3 is 1. The highest BCUT2D eigenvalue weighted by atomic mass is 16.5. The molecule has 0 saturated carbocycles. The summed E-state index contributed by atoms with van der Waals surface area (Å²) in [5.74, 6) is -0.689. The first-order chi connectivity index (χ1) is 14.3. The van der Waals surface area contributed by atoms with Gasteiger partial charge in [-0.05, 0) is 51.0 Å². The lowest BCUT2D eigenvalue weighted by Crippen LogP contribution is -2.33. The van der Waals surface area contributed by atoms with E-state index in [0.717, 1.165) is 18.4 Å². The van der Waals surface area contributed by atoms with Crippen molar-refractivity contribution in [3.8, 4) is 17.2 Å². The van der Waals surface area contributed by atoms with Gasteiger partial charge in [0, 0.05) is 18.1 Å². The van der Waals surface area contributed by atoms with E-state index < -0.39 is 0 Å². The number of carbonyl (C=O) groups is 1. The largest absolute Gasteiger partial charge is 0.508 e. The van der Waals surface area contributed by atoms with Crippen LogP contribution in [0.5, 0.6) is 17.2 Å². The third kappa shape index (κ3) is 4.43. The van der Waals surface area contributed by atoms with E-state index in [-0.39, 0.29) is 46.3 Å². The Morgan fingerprint density at radius 1 is 1.17 bits per heavy atom. The Bertz CT molecular complexity index is 968. The van der Waals surface area contributed by atoms with E-state index in [1.54, 1.807) is 0 Å². The molecule has 3 rings (SSSR count). The predicted molar refractivity (Wildman–Crippen MR) is 119 cm³/mol. The molecule has 30 heavy (non-hydrogen) atoms. The van der Waals surface area contributed by atoms with E-state index in [0.29, 0.717) is 0 Å². The molecule has 2 N–H and O–H groups in total. The van der Waals surface area contributed by atoms with Crippen LogP contribution in [0.25, 0.3) is 0 Å². The van der Waals surface area contributed by atoms with Gasteiger partial charge in [-0.2, -0.15) is 0 Å². The third-order valence-corrected chi connectivity index (χ3v) is 5.99. The van der Waals surface area contributed by atoms with Gasteiger partial charge in [0.1, 0.15) is 22.8 Å². The molecule has 4 heteroatoms. The van der Waals surface area contributed by atoms with Crippen LogP contribution in [0.4, 0.5) is 0 Å². The van der Waals surface area contributed by atoms with E-state index in [4.69, 9.17) is 4.74 Å². The summed E-state index contributed by atoms with van der Waals surface area (Å²) in [6, 6.07) is 12.7. The zero-order valence-electron chi connectivity index (χ0n) is 18.1. The summed E-state index contributed by atoms with van der Waals surface area (Å²) in [4.78, 5) is 13.9. The quantitative estimate of drug-likeness (QED) is 0.455. The second kappa shape index (κ2) is 9.21. The van der Waals surface area contributed by atoms with Gasteiger partial charge in [-0.3, -0.25) is 4.79 Å². The van der Waals surface area contributed by atoms with Crippen molar-refractivity contribution < 1.29 is 19.7 Å². The van der Waals surface area contributed by atoms with Crippen LogP contribution in [-0.2, 0) is 0 Å². The molecular weight excluding hydrogens is 376 g/mol. The van der Waals surface area contributed by atoms with Crippen LogP contribution in [0.3, 0.4) is 0 Å². The Kier molecular flexibility index (Phi) is 6.66. The first-order valence-corrected chi connectivity index (χ1v) is 10.3. The van der Waals surface area contributed by atoms with Crippen LogP contribution in [0.15, 0.2) is 65.8 Å². The van der Waals surface area contributed by atoms with Crippen LogP contribution in [0, 0.1) is 11.8 Å². The molecule has 0 amide bonds. The molecule has 158 valence electrons. The van der Waals surface area contributed by atoms with Crippen molar-refractivity contribution in [1.29, 1.82) is 0 Å². The van der Waals surface area contributed by atoms with Crippen molar-refractivity contribution in [2.24, 2.45) is 11.8 Å². The van der Waals surface area contributed by atoms with Gasteiger partial charge in [-0.25, -0.2) is 0 Å². The molecule has 0 bridgehead atoms. The molecule has 1 aliphatic rings. The first kappa shape index (κ1) is 21.7. The van der Waals surface area contributed by atoms with Crippen molar-refractivity contribution in [3.63, 3.8) is 0 Å². The zero-order valence-corrected chi connectivity index (χ0v) is 18.1. The SMILES string of the molecule is COc1cc(O)cc(O)c1C(=O)[C@@H]1[C@@H](c2ccccc2)CC=C(C)[C@@H]1CC=C(C)C. The average molecular weight is 407 g/mol. The molecule has 0 radical (unpaired) electrons. The Morgan fingerprint density at radius 2 is 1.87 bits per heavy atom. The maximum absolute atomic E-state index is 13.9. The summed E-state index contributed by atoms with van der Waals surface area (Å²) in [5, 5.41) is 20.4. The van der Waals surface area contributed by atoms with Gasteiger partial charge < -0.3 is 14.9 Å². The molecule has 3 atom stereocenters. The van der Waals surface area contributed by atoms with Crippen molar-refractivity contribution in [1.82, 2.24) is 0 Å². The first-order valence-electron chi connectivity index (χ1n) is 10.3. The zero-order chi connectivity index (χ0) is 21.8. The summed E-state index contributed by atoms with van der Waals surface area (Å²) >= 11 is 0. The highest BCUT2D eigenvalue weighted by Crippen LogP contribution is 2.47. The number of carbonyl (C=O) groups excluding carboxylic acids is 1. The Hall–Kier alpha value is -3.01. The monoisotopic (exact) mass is 406 g/mol. The maximum atomic E-state index is 13.9. The van der Waals surface area contributed by atoms with Crippen LogP contribution in [0.2, 0.25) is 0 Å². The molecule has 1 aliphatic carbocycles. The molecule has 0 aromatic heterocycles. The van der Waals surface area contributed by atoms with Gasteiger partial charge in [0.15, 0.2) is 5.78 Å². The fourth-order valence-electron chi connectivity index (χ4n) is 4.44. The van der Waals surface area contributed by atoms with E-state index in [1.165, 1.54) is 30.4 Å². The van der Waals surface area contributed by atoms with Crippen LogP contribution >= 0.6 is 0 Å². The Labute approximate surface area is 178 Å². The summed E-state index contributed by atoms with van der Waals surface area (Å²) in [5.41, 5.74) is 3.65. The standard InChI is InChI=1S/C26H30O4/c1-16(2)10-12-20-17(3)11-13-21(18-8-6-5-7-9-18)24(20)26(29)25-22(28)14-19(27)15-23(25)30-4/h5-11,14-15,20-21,24,27-28H,12-13H2,1-4H3/t20-,21+,24-/m0/s1. The minimum Gasteiger partial charge on any atom is -0.508 e. The third-order valence-electron chi connectivity index (χ3n) is 5.99. The normalized spacial score (nSPS) is 20.9. The summed E-state index contributed by atoms with van der Waals surface area (Å²) in [6.45, 7) is 6.20. The van der Waals surface area contributed by atoms with Gasteiger partial charge in [0.2, 0.25) is 0 Å². The number of hydrogen-bond acceptors (Lipinski definition) is 4. The van der Waals surface area contributed by atoms with E-state index in [9.17, 15) is 15.0 Å². The fourth-order valence-corrected chi connectivity index (χ4v) is 4.44. The molecule has 2 aromatic carbocycles. The number of phenols is 2. The molecule has 2 aromatic rings. The second-order valence-electron chi connectivity index (χ2n) is 8.26. The molecule has 0 spiro atoms. The van der Waals surface area contributed by atoms with E-state index in [2.05, 4.69) is 45.1 Å². The number of allylic oxidation sites excluding steroid dienone is 4. The van der Waals surface area contributed by atoms with Gasteiger partial charge >= 0.3 is 0 Å². The van der Waals surface area contributed by atoms with Crippen molar-refractivity contribution in [2.75, 3.05) is 7.11 Å². The lowest BCUT2D eigenvalue weighted by molar-refractivity contribution is 0.0844. The van der Waals surface area contributed by atoms with Crippen LogP contribution in [0.1, 0.15) is 55.5 Å². The summed E-state index contributed by atoms with van der Waals surface area (Å²) in [6.07, 6.45) is 5.92. The minimum absolute atomic E-state index is 0.00382. The number of aromatic hydroxyl groups is 2. The van der Waals surface area contributed by atoms with Crippen molar-refractivity contribution >= 4 is 5.78 Å². The molecular formula is C26H30O4. The topological polar surface area (TPSA) is 66.8 Å². The number of ketones is 1. The smallest absolute Gasteiger partial charge is 0.174 e. The number of ether oxygens (including phenoxy) is 1. The molecule has 0 unspecified atom stereocenters. The van der Waals surface area contributed by atoms with Crippen LogP contribution < -0.4 is 4.74 Å². The fraction of sp³-hybridized carbons (Fsp3) is 0.346.